The summed E-state index contributed by atoms with van der Waals surface area (Å²) >= 11 is 0. The fourth-order valence-electron chi connectivity index (χ4n) is 3.53. The average molecular weight is 355 g/mol. The van der Waals surface area contributed by atoms with Crippen molar-refractivity contribution in [3.05, 3.63) is 52.3 Å². The fourth-order valence-corrected chi connectivity index (χ4v) is 3.53. The van der Waals surface area contributed by atoms with Crippen molar-refractivity contribution in [2.45, 2.75) is 45.4 Å². The van der Waals surface area contributed by atoms with E-state index in [2.05, 4.69) is 4.98 Å². The summed E-state index contributed by atoms with van der Waals surface area (Å²) in [6.45, 7) is 4.27. The Morgan fingerprint density at radius 2 is 1.96 bits per heavy atom. The number of unbranched alkanes of at least 4 members (excludes halogenated alkanes) is 1. The van der Waals surface area contributed by atoms with Crippen molar-refractivity contribution < 1.29 is 19.1 Å². The van der Waals surface area contributed by atoms with Crippen LogP contribution < -0.4 is 4.74 Å². The van der Waals surface area contributed by atoms with E-state index >= 15 is 0 Å². The van der Waals surface area contributed by atoms with E-state index in [9.17, 15) is 9.59 Å². The lowest BCUT2D eigenvalue weighted by Crippen LogP contribution is -2.18. The van der Waals surface area contributed by atoms with Crippen LogP contribution in [0.25, 0.3) is 0 Å². The predicted octanol–water partition coefficient (Wildman–Crippen LogP) is 4.20. The fraction of sp³-hybridized carbons (Fsp3) is 0.429. The van der Waals surface area contributed by atoms with Gasteiger partial charge in [-0.2, -0.15) is 0 Å². The van der Waals surface area contributed by atoms with Crippen molar-refractivity contribution in [2.75, 3.05) is 13.7 Å². The lowest BCUT2D eigenvalue weighted by Gasteiger charge is -2.22. The summed E-state index contributed by atoms with van der Waals surface area (Å²) in [6.07, 6.45) is 2.96. The highest BCUT2D eigenvalue weighted by molar-refractivity contribution is 6.03. The number of H-pyrrole nitrogens is 1. The number of hydrogen-bond donors (Lipinski definition) is 1. The quantitative estimate of drug-likeness (QED) is 0.623. The number of carbonyl (C=O) groups excluding carboxylic acids is 2. The lowest BCUT2D eigenvalue weighted by molar-refractivity contribution is 0.0492. The first-order chi connectivity index (χ1) is 12.5. The molecular formula is C21H25NO4. The standard InChI is InChI=1S/C21H25NO4/c1-4-5-10-26-21(24)20-13(2)19-17(22-20)11-15(12-18(19)23)14-6-8-16(25-3)9-7-14/h6-9,15,22H,4-5,10-12H2,1-3H3. The Balaban J connectivity index is 1.82. The highest BCUT2D eigenvalue weighted by Crippen LogP contribution is 2.35. The smallest absolute Gasteiger partial charge is 0.355 e. The van der Waals surface area contributed by atoms with Crippen LogP contribution >= 0.6 is 0 Å². The Bertz CT molecular complexity index is 804. The van der Waals surface area contributed by atoms with Gasteiger partial charge in [-0.15, -0.1) is 0 Å². The maximum absolute atomic E-state index is 12.7. The Morgan fingerprint density at radius 1 is 1.23 bits per heavy atom. The molecule has 3 rings (SSSR count). The van der Waals surface area contributed by atoms with Gasteiger partial charge >= 0.3 is 5.97 Å². The van der Waals surface area contributed by atoms with Crippen molar-refractivity contribution >= 4 is 11.8 Å². The normalized spacial score (nSPS) is 16.3. The van der Waals surface area contributed by atoms with Crippen molar-refractivity contribution in [1.29, 1.82) is 0 Å². The first-order valence-electron chi connectivity index (χ1n) is 9.10. The molecular weight excluding hydrogens is 330 g/mol. The van der Waals surface area contributed by atoms with E-state index in [1.807, 2.05) is 38.1 Å². The predicted molar refractivity (Wildman–Crippen MR) is 99.1 cm³/mol. The Labute approximate surface area is 153 Å². The summed E-state index contributed by atoms with van der Waals surface area (Å²) in [7, 11) is 1.63. The molecule has 0 fully saturated rings. The van der Waals surface area contributed by atoms with Gasteiger partial charge in [0.05, 0.1) is 13.7 Å². The van der Waals surface area contributed by atoms with Crippen molar-refractivity contribution in [2.24, 2.45) is 0 Å². The molecule has 1 aromatic heterocycles. The second-order valence-corrected chi connectivity index (χ2v) is 6.77. The minimum Gasteiger partial charge on any atom is -0.497 e. The minimum absolute atomic E-state index is 0.0772. The maximum atomic E-state index is 12.7. The second-order valence-electron chi connectivity index (χ2n) is 6.77. The molecule has 0 radical (unpaired) electrons. The van der Waals surface area contributed by atoms with Crippen LogP contribution in [0.1, 0.15) is 69.8 Å². The third-order valence-corrected chi connectivity index (χ3v) is 5.01. The molecule has 1 aliphatic carbocycles. The Hall–Kier alpha value is -2.56. The Morgan fingerprint density at radius 3 is 2.62 bits per heavy atom. The summed E-state index contributed by atoms with van der Waals surface area (Å²) in [5.41, 5.74) is 3.72. The van der Waals surface area contributed by atoms with Gasteiger partial charge in [-0.25, -0.2) is 4.79 Å². The van der Waals surface area contributed by atoms with Crippen molar-refractivity contribution in [3.63, 3.8) is 0 Å². The number of fused-ring (bicyclic) bond motifs is 1. The van der Waals surface area contributed by atoms with Crippen LogP contribution in [0.3, 0.4) is 0 Å². The zero-order chi connectivity index (χ0) is 18.7. The van der Waals surface area contributed by atoms with Gasteiger partial charge in [0.1, 0.15) is 11.4 Å². The molecule has 0 saturated heterocycles. The van der Waals surface area contributed by atoms with Crippen LogP contribution in [0.15, 0.2) is 24.3 Å². The largest absolute Gasteiger partial charge is 0.497 e. The molecule has 1 aromatic carbocycles. The number of Topliss-reactive ketones (excluding diaryl/α,β-unsaturated/α-hetero) is 1. The van der Waals surface area contributed by atoms with Crippen LogP contribution in [-0.4, -0.2) is 30.5 Å². The zero-order valence-electron chi connectivity index (χ0n) is 15.6. The van der Waals surface area contributed by atoms with Crippen LogP contribution in [0.4, 0.5) is 0 Å². The van der Waals surface area contributed by atoms with E-state index in [0.29, 0.717) is 36.3 Å². The van der Waals surface area contributed by atoms with E-state index in [4.69, 9.17) is 9.47 Å². The number of rotatable bonds is 6. The molecule has 0 aliphatic heterocycles. The van der Waals surface area contributed by atoms with E-state index in [1.165, 1.54) is 0 Å². The van der Waals surface area contributed by atoms with Crippen LogP contribution in [0.5, 0.6) is 5.75 Å². The van der Waals surface area contributed by atoms with Crippen molar-refractivity contribution in [1.82, 2.24) is 4.98 Å². The molecule has 1 N–H and O–H groups in total. The van der Waals surface area contributed by atoms with Gasteiger partial charge in [0.25, 0.3) is 0 Å². The van der Waals surface area contributed by atoms with Crippen LogP contribution in [0, 0.1) is 6.92 Å². The number of hydrogen-bond acceptors (Lipinski definition) is 4. The monoisotopic (exact) mass is 355 g/mol. The molecule has 5 heteroatoms. The summed E-state index contributed by atoms with van der Waals surface area (Å²) in [4.78, 5) is 28.2. The number of ketones is 1. The van der Waals surface area contributed by atoms with Crippen molar-refractivity contribution in [3.8, 4) is 5.75 Å². The molecule has 0 bridgehead atoms. The third kappa shape index (κ3) is 3.52. The highest BCUT2D eigenvalue weighted by Gasteiger charge is 2.32. The first kappa shape index (κ1) is 18.2. The first-order valence-corrected chi connectivity index (χ1v) is 9.10. The second kappa shape index (κ2) is 7.77. The van der Waals surface area contributed by atoms with Gasteiger partial charge < -0.3 is 14.5 Å². The number of aromatic nitrogens is 1. The molecule has 0 spiro atoms. The molecule has 0 amide bonds. The van der Waals surface area contributed by atoms with Crippen LogP contribution in [-0.2, 0) is 11.2 Å². The summed E-state index contributed by atoms with van der Waals surface area (Å²) < 4.78 is 10.5. The number of nitrogens with one attached hydrogen (secondary N) is 1. The van der Waals surface area contributed by atoms with Crippen LogP contribution in [0.2, 0.25) is 0 Å². The Kier molecular flexibility index (Phi) is 5.45. The van der Waals surface area contributed by atoms with E-state index in [-0.39, 0.29) is 17.7 Å². The molecule has 2 aromatic rings. The number of carbonyl (C=O) groups is 2. The van der Waals surface area contributed by atoms with E-state index in [1.54, 1.807) is 7.11 Å². The topological polar surface area (TPSA) is 68.4 Å². The molecule has 1 unspecified atom stereocenters. The maximum Gasteiger partial charge on any atom is 0.355 e. The SMILES string of the molecule is CCCCOC(=O)c1[nH]c2c(c1C)C(=O)CC(c1ccc(OC)cc1)C2. The van der Waals surface area contributed by atoms with Gasteiger partial charge in [-0.1, -0.05) is 25.5 Å². The molecule has 1 heterocycles. The summed E-state index contributed by atoms with van der Waals surface area (Å²) in [5, 5.41) is 0. The number of aromatic amines is 1. The number of ether oxygens (including phenoxy) is 2. The van der Waals surface area contributed by atoms with Gasteiger partial charge in [0.15, 0.2) is 5.78 Å². The number of methoxy groups -OCH3 is 1. The van der Waals surface area contributed by atoms with E-state index < -0.39 is 0 Å². The summed E-state index contributed by atoms with van der Waals surface area (Å²) in [5.74, 6) is 0.597. The lowest BCUT2D eigenvalue weighted by atomic mass is 9.81. The molecule has 26 heavy (non-hydrogen) atoms. The number of esters is 1. The summed E-state index contributed by atoms with van der Waals surface area (Å²) in [6, 6.07) is 7.81. The third-order valence-electron chi connectivity index (χ3n) is 5.01. The molecule has 1 aliphatic rings. The van der Waals surface area contributed by atoms with E-state index in [0.717, 1.165) is 29.8 Å². The van der Waals surface area contributed by atoms with Gasteiger partial charge in [0.2, 0.25) is 0 Å². The molecule has 0 saturated carbocycles. The van der Waals surface area contributed by atoms with Gasteiger partial charge in [-0.05, 0) is 48.9 Å². The molecule has 1 atom stereocenters. The minimum atomic E-state index is -0.376. The van der Waals surface area contributed by atoms with Gasteiger partial charge in [0, 0.05) is 17.7 Å². The zero-order valence-corrected chi connectivity index (χ0v) is 15.6. The average Bonchev–Trinajstić information content (AvgIpc) is 2.99. The van der Waals surface area contributed by atoms with Gasteiger partial charge in [-0.3, -0.25) is 4.79 Å². The number of benzene rings is 1. The highest BCUT2D eigenvalue weighted by atomic mass is 16.5. The molecule has 5 nitrogen and oxygen atoms in total. The molecule has 138 valence electrons.